The molecule has 0 radical (unpaired) electrons. The number of rotatable bonds is 4. The first-order valence-corrected chi connectivity index (χ1v) is 10.1. The van der Waals surface area contributed by atoms with E-state index >= 15 is 0 Å². The predicted molar refractivity (Wildman–Crippen MR) is 121 cm³/mol. The van der Waals surface area contributed by atoms with E-state index in [1.54, 1.807) is 24.3 Å². The molecule has 0 N–H and O–H groups in total. The Kier molecular flexibility index (Phi) is 5.51. The van der Waals surface area contributed by atoms with Crippen molar-refractivity contribution < 1.29 is 4.74 Å². The Morgan fingerprint density at radius 1 is 0.633 bits per heavy atom. The largest absolute Gasteiger partial charge is 0.424 e. The van der Waals surface area contributed by atoms with E-state index in [2.05, 4.69) is 61.9 Å². The summed E-state index contributed by atoms with van der Waals surface area (Å²) in [6.07, 6.45) is 0. The zero-order valence-corrected chi connectivity index (χ0v) is 18.2. The highest BCUT2D eigenvalue weighted by Gasteiger charge is 2.15. The van der Waals surface area contributed by atoms with Crippen LogP contribution in [0.1, 0.15) is 22.3 Å². The van der Waals surface area contributed by atoms with Gasteiger partial charge in [0.05, 0.1) is 0 Å². The quantitative estimate of drug-likeness (QED) is 0.364. The number of aromatic nitrogens is 3. The second-order valence-corrected chi connectivity index (χ2v) is 7.89. The molecule has 1 aromatic heterocycles. The van der Waals surface area contributed by atoms with Gasteiger partial charge in [0.15, 0.2) is 11.6 Å². The zero-order valence-electron chi connectivity index (χ0n) is 17.4. The van der Waals surface area contributed by atoms with Gasteiger partial charge in [-0.3, -0.25) is 0 Å². The lowest BCUT2D eigenvalue weighted by molar-refractivity contribution is 0.441. The van der Waals surface area contributed by atoms with Crippen molar-refractivity contribution in [1.29, 1.82) is 0 Å². The Hall–Kier alpha value is -3.24. The van der Waals surface area contributed by atoms with Crippen LogP contribution in [0.2, 0.25) is 5.02 Å². The molecule has 4 aromatic rings. The summed E-state index contributed by atoms with van der Waals surface area (Å²) < 4.78 is 5.96. The van der Waals surface area contributed by atoms with Crippen LogP contribution in [0.15, 0.2) is 60.7 Å². The molecule has 0 bridgehead atoms. The van der Waals surface area contributed by atoms with Gasteiger partial charge in [0.2, 0.25) is 0 Å². The molecule has 5 heteroatoms. The van der Waals surface area contributed by atoms with Crippen molar-refractivity contribution >= 4 is 11.6 Å². The molecule has 0 aliphatic rings. The van der Waals surface area contributed by atoms with Crippen LogP contribution in [0.3, 0.4) is 0 Å². The zero-order chi connectivity index (χ0) is 21.3. The first kappa shape index (κ1) is 20.0. The first-order chi connectivity index (χ1) is 14.4. The topological polar surface area (TPSA) is 47.9 Å². The molecule has 4 nitrogen and oxygen atoms in total. The summed E-state index contributed by atoms with van der Waals surface area (Å²) in [5.41, 5.74) is 6.50. The Morgan fingerprint density at radius 2 is 1.13 bits per heavy atom. The molecule has 0 saturated carbocycles. The van der Waals surface area contributed by atoms with Crippen LogP contribution in [-0.4, -0.2) is 15.0 Å². The maximum absolute atomic E-state index is 5.99. The van der Waals surface area contributed by atoms with Crippen molar-refractivity contribution in [2.45, 2.75) is 27.7 Å². The predicted octanol–water partition coefficient (Wildman–Crippen LogP) is 6.88. The van der Waals surface area contributed by atoms with Crippen LogP contribution < -0.4 is 4.74 Å². The molecule has 0 fully saturated rings. The molecule has 0 aliphatic carbocycles. The lowest BCUT2D eigenvalue weighted by Gasteiger charge is -2.12. The third-order valence-electron chi connectivity index (χ3n) is 4.88. The van der Waals surface area contributed by atoms with E-state index in [1.807, 2.05) is 12.1 Å². The molecular formula is C25H22ClN3O. The van der Waals surface area contributed by atoms with E-state index < -0.39 is 0 Å². The van der Waals surface area contributed by atoms with Gasteiger partial charge in [0.25, 0.3) is 0 Å². The fourth-order valence-electron chi connectivity index (χ4n) is 3.38. The molecule has 0 spiro atoms. The van der Waals surface area contributed by atoms with Crippen LogP contribution in [0, 0.1) is 27.7 Å². The van der Waals surface area contributed by atoms with Gasteiger partial charge < -0.3 is 4.74 Å². The fraction of sp³-hybridized carbons (Fsp3) is 0.160. The summed E-state index contributed by atoms with van der Waals surface area (Å²) in [7, 11) is 0. The van der Waals surface area contributed by atoms with Crippen molar-refractivity contribution in [3.8, 4) is 34.5 Å². The molecule has 4 rings (SSSR count). The molecule has 0 unspecified atom stereocenters. The van der Waals surface area contributed by atoms with E-state index in [4.69, 9.17) is 21.3 Å². The lowest BCUT2D eigenvalue weighted by Crippen LogP contribution is -2.02. The van der Waals surface area contributed by atoms with Crippen molar-refractivity contribution in [1.82, 2.24) is 15.0 Å². The third-order valence-corrected chi connectivity index (χ3v) is 5.14. The monoisotopic (exact) mass is 415 g/mol. The summed E-state index contributed by atoms with van der Waals surface area (Å²) in [5.74, 6) is 1.78. The Morgan fingerprint density at radius 3 is 1.60 bits per heavy atom. The van der Waals surface area contributed by atoms with Gasteiger partial charge >= 0.3 is 6.01 Å². The van der Waals surface area contributed by atoms with Crippen molar-refractivity contribution in [2.24, 2.45) is 0 Å². The van der Waals surface area contributed by atoms with Crippen LogP contribution >= 0.6 is 11.6 Å². The van der Waals surface area contributed by atoms with E-state index in [0.29, 0.717) is 22.4 Å². The molecule has 0 saturated heterocycles. The second-order valence-electron chi connectivity index (χ2n) is 7.46. The average molecular weight is 416 g/mol. The van der Waals surface area contributed by atoms with Crippen LogP contribution in [0.5, 0.6) is 11.8 Å². The average Bonchev–Trinajstić information content (AvgIpc) is 2.69. The van der Waals surface area contributed by atoms with Crippen molar-refractivity contribution in [2.75, 3.05) is 0 Å². The number of hydrogen-bond acceptors (Lipinski definition) is 4. The van der Waals surface area contributed by atoms with Gasteiger partial charge in [-0.15, -0.1) is 0 Å². The van der Waals surface area contributed by atoms with Gasteiger partial charge in [0, 0.05) is 16.1 Å². The molecule has 0 aliphatic heterocycles. The highest BCUT2D eigenvalue weighted by molar-refractivity contribution is 6.30. The summed E-state index contributed by atoms with van der Waals surface area (Å²) in [4.78, 5) is 14.0. The van der Waals surface area contributed by atoms with Crippen LogP contribution in [-0.2, 0) is 0 Å². The van der Waals surface area contributed by atoms with Gasteiger partial charge in [-0.05, 0) is 63.1 Å². The van der Waals surface area contributed by atoms with Crippen LogP contribution in [0.4, 0.5) is 0 Å². The fourth-order valence-corrected chi connectivity index (χ4v) is 3.51. The van der Waals surface area contributed by atoms with Gasteiger partial charge in [0.1, 0.15) is 5.75 Å². The third kappa shape index (κ3) is 4.34. The summed E-state index contributed by atoms with van der Waals surface area (Å²) in [6, 6.07) is 19.8. The number of nitrogens with zero attached hydrogens (tertiary/aromatic N) is 3. The summed E-state index contributed by atoms with van der Waals surface area (Å²) in [5, 5.41) is 0.643. The van der Waals surface area contributed by atoms with E-state index in [-0.39, 0.29) is 6.01 Å². The molecule has 0 atom stereocenters. The first-order valence-electron chi connectivity index (χ1n) is 9.74. The molecule has 1 heterocycles. The minimum Gasteiger partial charge on any atom is -0.424 e. The summed E-state index contributed by atoms with van der Waals surface area (Å²) >= 11 is 5.99. The molecule has 30 heavy (non-hydrogen) atoms. The lowest BCUT2D eigenvalue weighted by atomic mass is 10.0. The number of ether oxygens (including phenoxy) is 1. The maximum atomic E-state index is 5.99. The van der Waals surface area contributed by atoms with Gasteiger partial charge in [-0.2, -0.15) is 9.97 Å². The van der Waals surface area contributed by atoms with Crippen LogP contribution in [0.25, 0.3) is 22.8 Å². The minimum absolute atomic E-state index is 0.247. The Labute approximate surface area is 181 Å². The second kappa shape index (κ2) is 8.25. The number of hydrogen-bond donors (Lipinski definition) is 0. The maximum Gasteiger partial charge on any atom is 0.326 e. The van der Waals surface area contributed by atoms with E-state index in [0.717, 1.165) is 22.3 Å². The minimum atomic E-state index is 0.247. The van der Waals surface area contributed by atoms with Gasteiger partial charge in [-0.1, -0.05) is 59.1 Å². The molecule has 150 valence electrons. The highest BCUT2D eigenvalue weighted by atomic mass is 35.5. The summed E-state index contributed by atoms with van der Waals surface area (Å²) in [6.45, 7) is 8.26. The van der Waals surface area contributed by atoms with E-state index in [1.165, 1.54) is 11.1 Å². The van der Waals surface area contributed by atoms with Gasteiger partial charge in [-0.25, -0.2) is 4.98 Å². The Bertz CT molecular complexity index is 1150. The van der Waals surface area contributed by atoms with Crippen molar-refractivity contribution in [3.05, 3.63) is 87.9 Å². The Balaban J connectivity index is 1.85. The SMILES string of the molecule is Cc1ccc(-c2nc(Oc3ccc(Cl)cc3)nc(-c3ccc(C)cc3C)n2)c(C)c1. The van der Waals surface area contributed by atoms with Crippen molar-refractivity contribution in [3.63, 3.8) is 0 Å². The number of benzene rings is 3. The highest BCUT2D eigenvalue weighted by Crippen LogP contribution is 2.29. The standard InChI is InChI=1S/C25H22ClN3O/c1-15-5-11-21(17(3)13-15)23-27-24(22-12-6-16(2)14-18(22)4)29-25(28-23)30-20-9-7-19(26)8-10-20/h5-14H,1-4H3. The van der Waals surface area contributed by atoms with E-state index in [9.17, 15) is 0 Å². The number of aryl methyl sites for hydroxylation is 4. The normalized spacial score (nSPS) is 10.8. The molecule has 3 aromatic carbocycles. The molecule has 0 amide bonds. The smallest absolute Gasteiger partial charge is 0.326 e. The molecular weight excluding hydrogens is 394 g/mol. The number of halogens is 1.